The van der Waals surface area contributed by atoms with Crippen molar-refractivity contribution in [1.82, 2.24) is 5.43 Å². The van der Waals surface area contributed by atoms with Crippen molar-refractivity contribution < 1.29 is 28.5 Å². The number of rotatable bonds is 11. The molecule has 0 unspecified atom stereocenters. The molecule has 0 radical (unpaired) electrons. The maximum Gasteiger partial charge on any atom is 0.343 e. The van der Waals surface area contributed by atoms with Crippen LogP contribution in [-0.2, 0) is 9.53 Å². The Bertz CT molecular complexity index is 915. The zero-order valence-corrected chi connectivity index (χ0v) is 19.2. The third-order valence-electron chi connectivity index (χ3n) is 3.86. The molecule has 0 bridgehead atoms. The van der Waals surface area contributed by atoms with Gasteiger partial charge in [-0.25, -0.2) is 10.2 Å². The molecule has 31 heavy (non-hydrogen) atoms. The highest BCUT2D eigenvalue weighted by atomic mass is 79.9. The summed E-state index contributed by atoms with van der Waals surface area (Å²) >= 11 is 3.40. The van der Waals surface area contributed by atoms with Crippen LogP contribution < -0.4 is 19.6 Å². The molecule has 9 heteroatoms. The van der Waals surface area contributed by atoms with E-state index in [1.807, 2.05) is 13.8 Å². The number of nitrogens with one attached hydrogen (secondary N) is 1. The van der Waals surface area contributed by atoms with Gasteiger partial charge in [-0.1, -0.05) is 6.92 Å². The first-order valence-corrected chi connectivity index (χ1v) is 10.5. The minimum Gasteiger partial charge on any atom is -0.494 e. The molecule has 2 aromatic rings. The van der Waals surface area contributed by atoms with Gasteiger partial charge in [0.1, 0.15) is 5.75 Å². The van der Waals surface area contributed by atoms with E-state index in [1.54, 1.807) is 36.4 Å². The van der Waals surface area contributed by atoms with Gasteiger partial charge in [0.15, 0.2) is 18.1 Å². The number of halogens is 1. The smallest absolute Gasteiger partial charge is 0.343 e. The van der Waals surface area contributed by atoms with E-state index in [0.717, 1.165) is 6.42 Å². The van der Waals surface area contributed by atoms with Crippen LogP contribution in [0.4, 0.5) is 0 Å². The second kappa shape index (κ2) is 12.6. The Morgan fingerprint density at radius 3 is 2.48 bits per heavy atom. The molecule has 0 atom stereocenters. The predicted octanol–water partition coefficient (Wildman–Crippen LogP) is 3.95. The fraction of sp³-hybridized carbons (Fsp3) is 0.318. The lowest BCUT2D eigenvalue weighted by Gasteiger charge is -2.13. The summed E-state index contributed by atoms with van der Waals surface area (Å²) in [5, 5.41) is 4.00. The van der Waals surface area contributed by atoms with Crippen molar-refractivity contribution in [3.63, 3.8) is 0 Å². The number of methoxy groups -OCH3 is 1. The molecule has 2 aromatic carbocycles. The molecule has 166 valence electrons. The monoisotopic (exact) mass is 492 g/mol. The first-order chi connectivity index (χ1) is 15.0. The minimum atomic E-state index is -0.507. The van der Waals surface area contributed by atoms with Gasteiger partial charge in [-0.2, -0.15) is 5.10 Å². The summed E-state index contributed by atoms with van der Waals surface area (Å²) in [5.74, 6) is 0.660. The predicted molar refractivity (Wildman–Crippen MR) is 120 cm³/mol. The van der Waals surface area contributed by atoms with Crippen LogP contribution in [0.1, 0.15) is 36.2 Å². The Kier molecular flexibility index (Phi) is 9.83. The number of hydrogen-bond acceptors (Lipinski definition) is 7. The lowest BCUT2D eigenvalue weighted by molar-refractivity contribution is -0.142. The molecule has 1 N–H and O–H groups in total. The highest BCUT2D eigenvalue weighted by Crippen LogP contribution is 2.36. The van der Waals surface area contributed by atoms with Crippen LogP contribution in [0.5, 0.6) is 17.2 Å². The molecule has 0 heterocycles. The topological polar surface area (TPSA) is 95.5 Å². The van der Waals surface area contributed by atoms with Crippen molar-refractivity contribution in [2.75, 3.05) is 26.9 Å². The quantitative estimate of drug-likeness (QED) is 0.289. The van der Waals surface area contributed by atoms with E-state index >= 15 is 0 Å². The number of carbonyl (C=O) groups is 2. The number of carbonyl (C=O) groups excluding carboxylic acids is 2. The zero-order valence-electron chi connectivity index (χ0n) is 17.6. The summed E-state index contributed by atoms with van der Waals surface area (Å²) in [5.41, 5.74) is 3.60. The summed E-state index contributed by atoms with van der Waals surface area (Å²) in [4.78, 5) is 23.6. The maximum absolute atomic E-state index is 12.3. The van der Waals surface area contributed by atoms with Crippen LogP contribution in [0.25, 0.3) is 0 Å². The molecule has 1 amide bonds. The van der Waals surface area contributed by atoms with Gasteiger partial charge in [-0.15, -0.1) is 0 Å². The van der Waals surface area contributed by atoms with E-state index < -0.39 is 5.97 Å². The third kappa shape index (κ3) is 7.60. The Morgan fingerprint density at radius 1 is 1.10 bits per heavy atom. The van der Waals surface area contributed by atoms with Crippen LogP contribution in [0.15, 0.2) is 46.0 Å². The normalized spacial score (nSPS) is 10.6. The first-order valence-electron chi connectivity index (χ1n) is 9.70. The first kappa shape index (κ1) is 24.2. The van der Waals surface area contributed by atoms with E-state index in [0.29, 0.717) is 46.1 Å². The molecule has 0 aliphatic heterocycles. The second-order valence-electron chi connectivity index (χ2n) is 6.20. The Balaban J connectivity index is 2.05. The van der Waals surface area contributed by atoms with Crippen molar-refractivity contribution in [1.29, 1.82) is 0 Å². The van der Waals surface area contributed by atoms with Crippen LogP contribution in [-0.4, -0.2) is 45.0 Å². The third-order valence-corrected chi connectivity index (χ3v) is 4.45. The molecule has 0 saturated heterocycles. The highest BCUT2D eigenvalue weighted by Gasteiger charge is 2.14. The molecule has 0 aromatic heterocycles. The van der Waals surface area contributed by atoms with Gasteiger partial charge in [0, 0.05) is 5.56 Å². The van der Waals surface area contributed by atoms with Gasteiger partial charge >= 0.3 is 5.97 Å². The number of benzene rings is 2. The fourth-order valence-electron chi connectivity index (χ4n) is 2.41. The van der Waals surface area contributed by atoms with Gasteiger partial charge in [-0.05, 0) is 71.2 Å². The summed E-state index contributed by atoms with van der Waals surface area (Å²) < 4.78 is 21.7. The number of ether oxygens (including phenoxy) is 4. The molecule has 0 aliphatic rings. The molecular formula is C22H25BrN2O6. The summed E-state index contributed by atoms with van der Waals surface area (Å²) in [6.45, 7) is 4.63. The Morgan fingerprint density at radius 2 is 1.84 bits per heavy atom. The van der Waals surface area contributed by atoms with Gasteiger partial charge in [-0.3, -0.25) is 4.79 Å². The molecule has 8 nitrogen and oxygen atoms in total. The fourth-order valence-corrected chi connectivity index (χ4v) is 2.98. The summed E-state index contributed by atoms with van der Waals surface area (Å²) in [7, 11) is 1.28. The van der Waals surface area contributed by atoms with E-state index in [-0.39, 0.29) is 12.5 Å². The van der Waals surface area contributed by atoms with E-state index in [2.05, 4.69) is 31.2 Å². The number of hydrogen-bond donors (Lipinski definition) is 1. The molecular weight excluding hydrogens is 468 g/mol. The minimum absolute atomic E-state index is 0.249. The maximum atomic E-state index is 12.3. The molecule has 0 fully saturated rings. The average Bonchev–Trinajstić information content (AvgIpc) is 2.77. The van der Waals surface area contributed by atoms with Crippen LogP contribution in [0.2, 0.25) is 0 Å². The zero-order chi connectivity index (χ0) is 22.6. The van der Waals surface area contributed by atoms with Gasteiger partial charge in [0.05, 0.1) is 31.0 Å². The van der Waals surface area contributed by atoms with Crippen molar-refractivity contribution >= 4 is 34.0 Å². The summed E-state index contributed by atoms with van der Waals surface area (Å²) in [6.07, 6.45) is 2.39. The Hall–Kier alpha value is -3.07. The van der Waals surface area contributed by atoms with Gasteiger partial charge < -0.3 is 18.9 Å². The highest BCUT2D eigenvalue weighted by molar-refractivity contribution is 9.10. The number of amides is 1. The standard InChI is InChI=1S/C22H25BrN2O6/c1-4-10-30-17-8-6-16(7-9-17)22(27)25-24-13-15-11-18(23)21(19(12-15)29-5-2)31-14-20(26)28-3/h6-9,11-13H,4-5,10,14H2,1-3H3,(H,25,27)/b24-13-. The molecule has 0 spiro atoms. The molecule has 0 saturated carbocycles. The van der Waals surface area contributed by atoms with Crippen LogP contribution in [0.3, 0.4) is 0 Å². The van der Waals surface area contributed by atoms with E-state index in [1.165, 1.54) is 13.3 Å². The SMILES string of the molecule is CCCOc1ccc(C(=O)N/N=C\c2cc(Br)c(OCC(=O)OC)c(OCC)c2)cc1. The average molecular weight is 493 g/mol. The van der Waals surface area contributed by atoms with Crippen LogP contribution in [0, 0.1) is 0 Å². The molecule has 2 rings (SSSR count). The van der Waals surface area contributed by atoms with E-state index in [9.17, 15) is 9.59 Å². The lowest BCUT2D eigenvalue weighted by Crippen LogP contribution is -2.17. The van der Waals surface area contributed by atoms with E-state index in [4.69, 9.17) is 14.2 Å². The number of esters is 1. The van der Waals surface area contributed by atoms with Crippen molar-refractivity contribution in [3.05, 3.63) is 52.0 Å². The number of hydrazone groups is 1. The van der Waals surface area contributed by atoms with Crippen LogP contribution >= 0.6 is 15.9 Å². The lowest BCUT2D eigenvalue weighted by atomic mass is 10.2. The second-order valence-corrected chi connectivity index (χ2v) is 7.05. The van der Waals surface area contributed by atoms with Crippen molar-refractivity contribution in [3.8, 4) is 17.2 Å². The Labute approximate surface area is 189 Å². The van der Waals surface area contributed by atoms with Crippen molar-refractivity contribution in [2.24, 2.45) is 5.10 Å². The van der Waals surface area contributed by atoms with Crippen molar-refractivity contribution in [2.45, 2.75) is 20.3 Å². The van der Waals surface area contributed by atoms with Gasteiger partial charge in [0.25, 0.3) is 5.91 Å². The summed E-state index contributed by atoms with van der Waals surface area (Å²) in [6, 6.07) is 10.3. The number of nitrogens with zero attached hydrogens (tertiary/aromatic N) is 1. The van der Waals surface area contributed by atoms with Gasteiger partial charge in [0.2, 0.25) is 0 Å². The molecule has 0 aliphatic carbocycles. The largest absolute Gasteiger partial charge is 0.494 e.